The smallest absolute Gasteiger partial charge is 0.236 e. The number of carbonyl (C=O) groups excluding carboxylic acids is 1. The van der Waals surface area contributed by atoms with E-state index in [9.17, 15) is 4.79 Å². The minimum absolute atomic E-state index is 0.0146. The zero-order chi connectivity index (χ0) is 13.6. The number of hydrogen-bond donors (Lipinski definition) is 2. The molecule has 3 nitrogen and oxygen atoms in total. The van der Waals surface area contributed by atoms with Crippen LogP contribution in [0.3, 0.4) is 0 Å². The Hall–Kier alpha value is -0.570. The van der Waals surface area contributed by atoms with Gasteiger partial charge in [-0.1, -0.05) is 46.5 Å². The van der Waals surface area contributed by atoms with E-state index in [1.54, 1.807) is 0 Å². The van der Waals surface area contributed by atoms with Crippen molar-refractivity contribution in [2.45, 2.75) is 71.8 Å². The molecule has 1 atom stereocenters. The van der Waals surface area contributed by atoms with Crippen molar-refractivity contribution < 1.29 is 4.79 Å². The number of carbonyl (C=O) groups is 1. The fourth-order valence-electron chi connectivity index (χ4n) is 2.92. The van der Waals surface area contributed by atoms with Crippen LogP contribution in [0.2, 0.25) is 0 Å². The van der Waals surface area contributed by atoms with Crippen LogP contribution in [0.1, 0.15) is 65.7 Å². The van der Waals surface area contributed by atoms with Crippen molar-refractivity contribution in [2.75, 3.05) is 6.54 Å². The van der Waals surface area contributed by atoms with Crippen molar-refractivity contribution >= 4 is 5.91 Å². The molecule has 0 aromatic heterocycles. The quantitative estimate of drug-likeness (QED) is 0.766. The van der Waals surface area contributed by atoms with E-state index < -0.39 is 0 Å². The summed E-state index contributed by atoms with van der Waals surface area (Å²) in [7, 11) is 0. The predicted octanol–water partition coefficient (Wildman–Crippen LogP) is 2.84. The minimum Gasteiger partial charge on any atom is -0.354 e. The van der Waals surface area contributed by atoms with Gasteiger partial charge in [-0.2, -0.15) is 0 Å². The third kappa shape index (κ3) is 4.60. The molecule has 1 aliphatic rings. The highest BCUT2D eigenvalue weighted by atomic mass is 16.2. The van der Waals surface area contributed by atoms with E-state index in [1.807, 2.05) is 0 Å². The summed E-state index contributed by atoms with van der Waals surface area (Å²) in [6, 6.07) is -0.336. The monoisotopic (exact) mass is 254 g/mol. The Balaban J connectivity index is 2.38. The molecule has 0 aromatic carbocycles. The molecule has 0 spiro atoms. The first-order chi connectivity index (χ1) is 8.47. The first-order valence-corrected chi connectivity index (χ1v) is 7.50. The zero-order valence-electron chi connectivity index (χ0n) is 12.3. The molecule has 18 heavy (non-hydrogen) atoms. The number of nitrogens with one attached hydrogen (secondary N) is 1. The largest absolute Gasteiger partial charge is 0.354 e. The lowest BCUT2D eigenvalue weighted by molar-refractivity contribution is -0.123. The number of amides is 1. The van der Waals surface area contributed by atoms with Gasteiger partial charge in [-0.3, -0.25) is 4.79 Å². The molecular formula is C15H30N2O. The SMILES string of the molecule is CCCC(N)C(=O)NCC(C)(C)C1CCCCC1. The molecule has 0 radical (unpaired) electrons. The molecule has 0 heterocycles. The molecule has 0 aliphatic heterocycles. The molecule has 3 N–H and O–H groups in total. The zero-order valence-corrected chi connectivity index (χ0v) is 12.3. The van der Waals surface area contributed by atoms with Crippen LogP contribution in [-0.4, -0.2) is 18.5 Å². The molecule has 3 heteroatoms. The maximum absolute atomic E-state index is 11.8. The number of nitrogens with two attached hydrogens (primary N) is 1. The lowest BCUT2D eigenvalue weighted by Gasteiger charge is -2.37. The van der Waals surface area contributed by atoms with Crippen LogP contribution in [-0.2, 0) is 4.79 Å². The van der Waals surface area contributed by atoms with Crippen LogP contribution in [0.15, 0.2) is 0 Å². The Morgan fingerprint density at radius 2 is 1.94 bits per heavy atom. The Morgan fingerprint density at radius 3 is 2.50 bits per heavy atom. The average Bonchev–Trinajstić information content (AvgIpc) is 2.37. The van der Waals surface area contributed by atoms with Crippen molar-refractivity contribution in [2.24, 2.45) is 17.1 Å². The third-order valence-corrected chi connectivity index (χ3v) is 4.37. The second-order valence-electron chi connectivity index (χ2n) is 6.44. The van der Waals surface area contributed by atoms with E-state index in [0.29, 0.717) is 0 Å². The van der Waals surface area contributed by atoms with Gasteiger partial charge in [0.15, 0.2) is 0 Å². The summed E-state index contributed by atoms with van der Waals surface area (Å²) in [6.45, 7) is 7.36. The highest BCUT2D eigenvalue weighted by Crippen LogP contribution is 2.37. The van der Waals surface area contributed by atoms with E-state index >= 15 is 0 Å². The van der Waals surface area contributed by atoms with Crippen molar-refractivity contribution in [3.05, 3.63) is 0 Å². The van der Waals surface area contributed by atoms with E-state index in [2.05, 4.69) is 26.1 Å². The highest BCUT2D eigenvalue weighted by Gasteiger charge is 2.31. The van der Waals surface area contributed by atoms with Crippen LogP contribution in [0, 0.1) is 11.3 Å². The normalized spacial score (nSPS) is 19.6. The van der Waals surface area contributed by atoms with E-state index in [-0.39, 0.29) is 17.4 Å². The Bertz CT molecular complexity index is 257. The average molecular weight is 254 g/mol. The maximum Gasteiger partial charge on any atom is 0.236 e. The van der Waals surface area contributed by atoms with E-state index in [0.717, 1.165) is 25.3 Å². The van der Waals surface area contributed by atoms with Gasteiger partial charge in [-0.15, -0.1) is 0 Å². The number of rotatable bonds is 6. The van der Waals surface area contributed by atoms with Crippen molar-refractivity contribution in [3.8, 4) is 0 Å². The van der Waals surface area contributed by atoms with Crippen molar-refractivity contribution in [3.63, 3.8) is 0 Å². The van der Waals surface area contributed by atoms with Gasteiger partial charge in [-0.25, -0.2) is 0 Å². The second-order valence-corrected chi connectivity index (χ2v) is 6.44. The minimum atomic E-state index is -0.336. The summed E-state index contributed by atoms with van der Waals surface area (Å²) in [5.74, 6) is 0.759. The fourth-order valence-corrected chi connectivity index (χ4v) is 2.92. The molecule has 1 fully saturated rings. The summed E-state index contributed by atoms with van der Waals surface area (Å²) >= 11 is 0. The Kier molecular flexibility index (Phi) is 6.13. The molecule has 106 valence electrons. The summed E-state index contributed by atoms with van der Waals surface area (Å²) < 4.78 is 0. The molecule has 0 saturated heterocycles. The topological polar surface area (TPSA) is 55.1 Å². The molecule has 1 aliphatic carbocycles. The highest BCUT2D eigenvalue weighted by molar-refractivity contribution is 5.81. The first kappa shape index (κ1) is 15.5. The van der Waals surface area contributed by atoms with Gasteiger partial charge in [0.25, 0.3) is 0 Å². The van der Waals surface area contributed by atoms with Gasteiger partial charge in [0.05, 0.1) is 6.04 Å². The van der Waals surface area contributed by atoms with Crippen LogP contribution in [0.4, 0.5) is 0 Å². The summed E-state index contributed by atoms with van der Waals surface area (Å²) in [5.41, 5.74) is 6.02. The fraction of sp³-hybridized carbons (Fsp3) is 0.933. The van der Waals surface area contributed by atoms with Gasteiger partial charge >= 0.3 is 0 Å². The van der Waals surface area contributed by atoms with Gasteiger partial charge in [0.1, 0.15) is 0 Å². The summed E-state index contributed by atoms with van der Waals surface area (Å²) in [6.07, 6.45) is 8.42. The number of hydrogen-bond acceptors (Lipinski definition) is 2. The standard InChI is InChI=1S/C15H30N2O/c1-4-8-13(16)14(18)17-11-15(2,3)12-9-6-5-7-10-12/h12-13H,4-11,16H2,1-3H3,(H,17,18). The van der Waals surface area contributed by atoms with Gasteiger partial charge < -0.3 is 11.1 Å². The third-order valence-electron chi connectivity index (χ3n) is 4.37. The van der Waals surface area contributed by atoms with E-state index in [1.165, 1.54) is 32.1 Å². The molecule has 1 rings (SSSR count). The lowest BCUT2D eigenvalue weighted by atomic mass is 9.71. The molecule has 1 unspecified atom stereocenters. The molecule has 1 saturated carbocycles. The Labute approximate surface area is 112 Å². The van der Waals surface area contributed by atoms with Crippen LogP contribution in [0.5, 0.6) is 0 Å². The van der Waals surface area contributed by atoms with Crippen LogP contribution in [0.25, 0.3) is 0 Å². The Morgan fingerprint density at radius 1 is 1.33 bits per heavy atom. The summed E-state index contributed by atoms with van der Waals surface area (Å²) in [4.78, 5) is 11.8. The van der Waals surface area contributed by atoms with E-state index in [4.69, 9.17) is 5.73 Å². The van der Waals surface area contributed by atoms with Gasteiger partial charge in [0, 0.05) is 6.54 Å². The van der Waals surface area contributed by atoms with Crippen molar-refractivity contribution in [1.82, 2.24) is 5.32 Å². The van der Waals surface area contributed by atoms with Gasteiger partial charge in [0.2, 0.25) is 5.91 Å². The molecule has 1 amide bonds. The maximum atomic E-state index is 11.8. The molecule has 0 aromatic rings. The first-order valence-electron chi connectivity index (χ1n) is 7.50. The van der Waals surface area contributed by atoms with Gasteiger partial charge in [-0.05, 0) is 30.6 Å². The molecule has 0 bridgehead atoms. The predicted molar refractivity (Wildman–Crippen MR) is 76.2 cm³/mol. The van der Waals surface area contributed by atoms with Crippen molar-refractivity contribution in [1.29, 1.82) is 0 Å². The van der Waals surface area contributed by atoms with Crippen LogP contribution >= 0.6 is 0 Å². The molecular weight excluding hydrogens is 224 g/mol. The van der Waals surface area contributed by atoms with Crippen LogP contribution < -0.4 is 11.1 Å². The summed E-state index contributed by atoms with van der Waals surface area (Å²) in [5, 5.41) is 3.04. The second kappa shape index (κ2) is 7.13. The lowest BCUT2D eigenvalue weighted by Crippen LogP contribution is -2.46.